The van der Waals surface area contributed by atoms with Crippen molar-refractivity contribution in [2.45, 2.75) is 6.04 Å². The molecule has 1 saturated heterocycles. The van der Waals surface area contributed by atoms with Gasteiger partial charge in [-0.05, 0) is 11.6 Å². The van der Waals surface area contributed by atoms with Crippen LogP contribution in [0, 0.1) is 0 Å². The number of nitrogens with one attached hydrogen (secondary N) is 1. The van der Waals surface area contributed by atoms with E-state index in [4.69, 9.17) is 9.47 Å². The fourth-order valence-corrected chi connectivity index (χ4v) is 1.86. The Balaban J connectivity index is 2.28. The van der Waals surface area contributed by atoms with E-state index in [2.05, 4.69) is 5.32 Å². The van der Waals surface area contributed by atoms with Gasteiger partial charge >= 0.3 is 5.97 Å². The Bertz CT molecular complexity index is 372. The van der Waals surface area contributed by atoms with Crippen LogP contribution in [0.2, 0.25) is 0 Å². The molecule has 0 spiro atoms. The van der Waals surface area contributed by atoms with Crippen LogP contribution < -0.4 is 5.32 Å². The quantitative estimate of drug-likeness (QED) is 0.761. The van der Waals surface area contributed by atoms with Gasteiger partial charge in [0.05, 0.1) is 31.9 Å². The van der Waals surface area contributed by atoms with E-state index in [-0.39, 0.29) is 12.0 Å². The van der Waals surface area contributed by atoms with Crippen LogP contribution in [-0.2, 0) is 9.47 Å². The van der Waals surface area contributed by atoms with Crippen LogP contribution in [0.3, 0.4) is 0 Å². The smallest absolute Gasteiger partial charge is 0.338 e. The summed E-state index contributed by atoms with van der Waals surface area (Å²) < 4.78 is 10.2. The van der Waals surface area contributed by atoms with Gasteiger partial charge in [0.15, 0.2) is 0 Å². The van der Waals surface area contributed by atoms with E-state index in [1.807, 2.05) is 18.2 Å². The molecule has 1 atom stereocenters. The van der Waals surface area contributed by atoms with Gasteiger partial charge in [-0.15, -0.1) is 0 Å². The van der Waals surface area contributed by atoms with Gasteiger partial charge in [0.1, 0.15) is 0 Å². The summed E-state index contributed by atoms with van der Waals surface area (Å²) in [5.74, 6) is -0.303. The lowest BCUT2D eigenvalue weighted by atomic mass is 10.0. The predicted molar refractivity (Wildman–Crippen MR) is 59.3 cm³/mol. The lowest BCUT2D eigenvalue weighted by molar-refractivity contribution is 0.0587. The Kier molecular flexibility index (Phi) is 3.54. The molecule has 1 aromatic rings. The van der Waals surface area contributed by atoms with Crippen molar-refractivity contribution in [1.82, 2.24) is 5.32 Å². The average Bonchev–Trinajstić information content (AvgIpc) is 2.39. The van der Waals surface area contributed by atoms with Crippen molar-refractivity contribution in [1.29, 1.82) is 0 Å². The van der Waals surface area contributed by atoms with Gasteiger partial charge in [-0.25, -0.2) is 4.79 Å². The van der Waals surface area contributed by atoms with Crippen LogP contribution in [0.25, 0.3) is 0 Å². The predicted octanol–water partition coefficient (Wildman–Crippen LogP) is 1.13. The highest BCUT2D eigenvalue weighted by molar-refractivity contribution is 5.91. The maximum atomic E-state index is 11.6. The molecule has 0 aliphatic carbocycles. The summed E-state index contributed by atoms with van der Waals surface area (Å²) in [7, 11) is 1.39. The summed E-state index contributed by atoms with van der Waals surface area (Å²) in [6.45, 7) is 2.12. The number of methoxy groups -OCH3 is 1. The van der Waals surface area contributed by atoms with Crippen LogP contribution in [0.5, 0.6) is 0 Å². The molecule has 1 fully saturated rings. The van der Waals surface area contributed by atoms with E-state index in [1.165, 1.54) is 7.11 Å². The molecule has 86 valence electrons. The summed E-state index contributed by atoms with van der Waals surface area (Å²) in [6.07, 6.45) is 0. The molecule has 0 aromatic heterocycles. The maximum Gasteiger partial charge on any atom is 0.338 e. The molecule has 1 heterocycles. The largest absolute Gasteiger partial charge is 0.465 e. The molecular formula is C12H15NO3. The first-order chi connectivity index (χ1) is 7.83. The summed E-state index contributed by atoms with van der Waals surface area (Å²) in [4.78, 5) is 11.6. The van der Waals surface area contributed by atoms with Gasteiger partial charge in [0, 0.05) is 6.54 Å². The summed E-state index contributed by atoms with van der Waals surface area (Å²) in [6, 6.07) is 7.53. The van der Waals surface area contributed by atoms with Crippen LogP contribution in [0.1, 0.15) is 22.0 Å². The van der Waals surface area contributed by atoms with Gasteiger partial charge in [-0.2, -0.15) is 0 Å². The number of carbonyl (C=O) groups excluding carboxylic acids is 1. The summed E-state index contributed by atoms with van der Waals surface area (Å²) in [5.41, 5.74) is 1.54. The second-order valence-electron chi connectivity index (χ2n) is 3.66. The van der Waals surface area contributed by atoms with Crippen molar-refractivity contribution >= 4 is 5.97 Å². The van der Waals surface area contributed by atoms with Crippen LogP contribution >= 0.6 is 0 Å². The number of carbonyl (C=O) groups is 1. The van der Waals surface area contributed by atoms with Crippen LogP contribution in [0.4, 0.5) is 0 Å². The molecule has 4 heteroatoms. The lowest BCUT2D eigenvalue weighted by Crippen LogP contribution is -2.35. The highest BCUT2D eigenvalue weighted by atomic mass is 16.5. The summed E-state index contributed by atoms with van der Waals surface area (Å²) >= 11 is 0. The van der Waals surface area contributed by atoms with E-state index in [0.717, 1.165) is 18.7 Å². The van der Waals surface area contributed by atoms with Gasteiger partial charge in [-0.1, -0.05) is 18.2 Å². The molecule has 0 radical (unpaired) electrons. The number of esters is 1. The van der Waals surface area contributed by atoms with E-state index in [9.17, 15) is 4.79 Å². The molecule has 0 bridgehead atoms. The molecule has 1 aliphatic rings. The van der Waals surface area contributed by atoms with Crippen LogP contribution in [0.15, 0.2) is 24.3 Å². The second-order valence-corrected chi connectivity index (χ2v) is 3.66. The van der Waals surface area contributed by atoms with E-state index >= 15 is 0 Å². The molecule has 1 N–H and O–H groups in total. The van der Waals surface area contributed by atoms with Crippen molar-refractivity contribution < 1.29 is 14.3 Å². The highest BCUT2D eigenvalue weighted by Crippen LogP contribution is 2.20. The number of hydrogen-bond acceptors (Lipinski definition) is 4. The molecule has 16 heavy (non-hydrogen) atoms. The fourth-order valence-electron chi connectivity index (χ4n) is 1.86. The second kappa shape index (κ2) is 5.09. The number of ether oxygens (including phenoxy) is 2. The zero-order valence-corrected chi connectivity index (χ0v) is 9.23. The van der Waals surface area contributed by atoms with E-state index < -0.39 is 0 Å². The normalized spacial score (nSPS) is 20.4. The van der Waals surface area contributed by atoms with Gasteiger partial charge in [-0.3, -0.25) is 0 Å². The molecule has 1 aromatic carbocycles. The summed E-state index contributed by atoms with van der Waals surface area (Å²) in [5, 5.41) is 3.32. The van der Waals surface area contributed by atoms with Crippen molar-refractivity contribution in [3.63, 3.8) is 0 Å². The standard InChI is InChI=1S/C12H15NO3/c1-15-12(14)10-5-3-2-4-9(10)11-8-16-7-6-13-11/h2-5,11,13H,6-8H2,1H3/t11-/m1/s1. The molecule has 2 rings (SSSR count). The third-order valence-corrected chi connectivity index (χ3v) is 2.66. The third kappa shape index (κ3) is 2.23. The van der Waals surface area contributed by atoms with Crippen molar-refractivity contribution in [3.05, 3.63) is 35.4 Å². The number of morpholine rings is 1. The van der Waals surface area contributed by atoms with Crippen molar-refractivity contribution in [2.24, 2.45) is 0 Å². The van der Waals surface area contributed by atoms with Gasteiger partial charge in [0.25, 0.3) is 0 Å². The molecule has 1 aliphatic heterocycles. The third-order valence-electron chi connectivity index (χ3n) is 2.66. The zero-order valence-electron chi connectivity index (χ0n) is 9.23. The molecule has 0 saturated carbocycles. The zero-order chi connectivity index (χ0) is 11.4. The minimum atomic E-state index is -0.303. The highest BCUT2D eigenvalue weighted by Gasteiger charge is 2.21. The van der Waals surface area contributed by atoms with Crippen molar-refractivity contribution in [3.8, 4) is 0 Å². The lowest BCUT2D eigenvalue weighted by Gasteiger charge is -2.25. The average molecular weight is 221 g/mol. The molecule has 0 unspecified atom stereocenters. The van der Waals surface area contributed by atoms with E-state index in [1.54, 1.807) is 6.07 Å². The number of hydrogen-bond donors (Lipinski definition) is 1. The minimum absolute atomic E-state index is 0.0732. The van der Waals surface area contributed by atoms with E-state index in [0.29, 0.717) is 12.2 Å². The molecule has 4 nitrogen and oxygen atoms in total. The first kappa shape index (κ1) is 11.1. The Morgan fingerprint density at radius 1 is 1.50 bits per heavy atom. The molecule has 0 amide bonds. The van der Waals surface area contributed by atoms with Crippen molar-refractivity contribution in [2.75, 3.05) is 26.9 Å². The Labute approximate surface area is 94.6 Å². The SMILES string of the molecule is COC(=O)c1ccccc1[C@H]1COCCN1. The first-order valence-electron chi connectivity index (χ1n) is 5.31. The topological polar surface area (TPSA) is 47.6 Å². The maximum absolute atomic E-state index is 11.6. The Hall–Kier alpha value is -1.39. The fraction of sp³-hybridized carbons (Fsp3) is 0.417. The van der Waals surface area contributed by atoms with Gasteiger partial charge in [0.2, 0.25) is 0 Å². The minimum Gasteiger partial charge on any atom is -0.465 e. The monoisotopic (exact) mass is 221 g/mol. The number of rotatable bonds is 2. The van der Waals surface area contributed by atoms with Gasteiger partial charge < -0.3 is 14.8 Å². The number of benzene rings is 1. The Morgan fingerprint density at radius 2 is 2.31 bits per heavy atom. The van der Waals surface area contributed by atoms with Crippen LogP contribution in [-0.4, -0.2) is 32.8 Å². The first-order valence-corrected chi connectivity index (χ1v) is 5.31. The molecular weight excluding hydrogens is 206 g/mol. The Morgan fingerprint density at radius 3 is 3.00 bits per heavy atom.